The Morgan fingerprint density at radius 2 is 2.12 bits per heavy atom. The second kappa shape index (κ2) is 6.22. The highest BCUT2D eigenvalue weighted by Gasteiger charge is 2.22. The zero-order valence-electron chi connectivity index (χ0n) is 11.0. The standard InChI is InChI=1S/C14H24N2O/c1-3-8-15-9-13-6-7-14(17-13)11-16(2)10-12-4-5-12/h6-7,12,15H,3-5,8-11H2,1-2H3. The monoisotopic (exact) mass is 236 g/mol. The van der Waals surface area contributed by atoms with E-state index in [1.165, 1.54) is 19.4 Å². The number of furan rings is 1. The Bertz CT molecular complexity index is 331. The smallest absolute Gasteiger partial charge is 0.118 e. The van der Waals surface area contributed by atoms with Crippen LogP contribution in [-0.2, 0) is 13.1 Å². The Labute approximate surface area is 104 Å². The van der Waals surface area contributed by atoms with Crippen molar-refractivity contribution in [3.63, 3.8) is 0 Å². The van der Waals surface area contributed by atoms with E-state index < -0.39 is 0 Å². The van der Waals surface area contributed by atoms with Crippen molar-refractivity contribution in [2.24, 2.45) is 5.92 Å². The summed E-state index contributed by atoms with van der Waals surface area (Å²) in [6.07, 6.45) is 3.99. The summed E-state index contributed by atoms with van der Waals surface area (Å²) in [4.78, 5) is 2.36. The van der Waals surface area contributed by atoms with Crippen LogP contribution in [0.5, 0.6) is 0 Å². The van der Waals surface area contributed by atoms with Gasteiger partial charge in [-0.1, -0.05) is 6.92 Å². The molecule has 1 N–H and O–H groups in total. The predicted octanol–water partition coefficient (Wildman–Crippen LogP) is 2.62. The molecule has 1 aliphatic rings. The van der Waals surface area contributed by atoms with Crippen LogP contribution in [0.4, 0.5) is 0 Å². The van der Waals surface area contributed by atoms with Gasteiger partial charge in [0.15, 0.2) is 0 Å². The number of rotatable bonds is 8. The van der Waals surface area contributed by atoms with E-state index in [1.807, 2.05) is 0 Å². The average Bonchev–Trinajstić information content (AvgIpc) is 2.99. The van der Waals surface area contributed by atoms with Crippen molar-refractivity contribution in [3.8, 4) is 0 Å². The fourth-order valence-corrected chi connectivity index (χ4v) is 2.06. The van der Waals surface area contributed by atoms with E-state index in [4.69, 9.17) is 4.42 Å². The molecule has 1 aromatic heterocycles. The first kappa shape index (κ1) is 12.7. The Kier molecular flexibility index (Phi) is 4.63. The second-order valence-corrected chi connectivity index (χ2v) is 5.18. The summed E-state index contributed by atoms with van der Waals surface area (Å²) in [6.45, 7) is 6.22. The predicted molar refractivity (Wildman–Crippen MR) is 69.8 cm³/mol. The number of hydrogen-bond acceptors (Lipinski definition) is 3. The lowest BCUT2D eigenvalue weighted by Crippen LogP contribution is -2.20. The number of nitrogens with zero attached hydrogens (tertiary/aromatic N) is 1. The molecule has 0 atom stereocenters. The van der Waals surface area contributed by atoms with E-state index in [-0.39, 0.29) is 0 Å². The van der Waals surface area contributed by atoms with Gasteiger partial charge in [-0.2, -0.15) is 0 Å². The zero-order chi connectivity index (χ0) is 12.1. The van der Waals surface area contributed by atoms with Crippen LogP contribution in [-0.4, -0.2) is 25.0 Å². The topological polar surface area (TPSA) is 28.4 Å². The van der Waals surface area contributed by atoms with Crippen molar-refractivity contribution < 1.29 is 4.42 Å². The first-order valence-corrected chi connectivity index (χ1v) is 6.74. The van der Waals surface area contributed by atoms with Crippen molar-refractivity contribution in [2.45, 2.75) is 39.3 Å². The highest BCUT2D eigenvalue weighted by Crippen LogP contribution is 2.29. The fourth-order valence-electron chi connectivity index (χ4n) is 2.06. The number of hydrogen-bond donors (Lipinski definition) is 1. The van der Waals surface area contributed by atoms with E-state index in [1.54, 1.807) is 0 Å². The molecule has 17 heavy (non-hydrogen) atoms. The molecule has 0 aliphatic heterocycles. The van der Waals surface area contributed by atoms with Crippen LogP contribution in [0.1, 0.15) is 37.7 Å². The third-order valence-electron chi connectivity index (χ3n) is 3.14. The van der Waals surface area contributed by atoms with Gasteiger partial charge in [-0.3, -0.25) is 4.90 Å². The highest BCUT2D eigenvalue weighted by atomic mass is 16.3. The summed E-state index contributed by atoms with van der Waals surface area (Å²) in [5.74, 6) is 3.08. The average molecular weight is 236 g/mol. The Balaban J connectivity index is 1.72. The number of nitrogens with one attached hydrogen (secondary N) is 1. The normalized spacial score (nSPS) is 15.7. The van der Waals surface area contributed by atoms with E-state index >= 15 is 0 Å². The minimum atomic E-state index is 0.847. The summed E-state index contributed by atoms with van der Waals surface area (Å²) in [5, 5.41) is 3.35. The van der Waals surface area contributed by atoms with Gasteiger partial charge in [-0.25, -0.2) is 0 Å². The van der Waals surface area contributed by atoms with Crippen molar-refractivity contribution >= 4 is 0 Å². The summed E-state index contributed by atoms with van der Waals surface area (Å²) < 4.78 is 5.80. The first-order valence-electron chi connectivity index (χ1n) is 6.74. The van der Waals surface area contributed by atoms with Gasteiger partial charge in [0.1, 0.15) is 11.5 Å². The molecule has 1 saturated carbocycles. The van der Waals surface area contributed by atoms with Crippen LogP contribution >= 0.6 is 0 Å². The maximum atomic E-state index is 5.80. The first-order chi connectivity index (χ1) is 8.28. The molecule has 3 heteroatoms. The van der Waals surface area contributed by atoms with E-state index in [2.05, 4.69) is 36.3 Å². The van der Waals surface area contributed by atoms with Crippen LogP contribution in [0.15, 0.2) is 16.5 Å². The summed E-state index contributed by atoms with van der Waals surface area (Å²) in [6, 6.07) is 4.19. The molecule has 0 amide bonds. The van der Waals surface area contributed by atoms with Gasteiger partial charge < -0.3 is 9.73 Å². The molecule has 96 valence electrons. The third kappa shape index (κ3) is 4.52. The van der Waals surface area contributed by atoms with Gasteiger partial charge in [0, 0.05) is 6.54 Å². The lowest BCUT2D eigenvalue weighted by atomic mass is 10.3. The van der Waals surface area contributed by atoms with Crippen LogP contribution in [0.2, 0.25) is 0 Å². The van der Waals surface area contributed by atoms with Crippen LogP contribution in [0.3, 0.4) is 0 Å². The van der Waals surface area contributed by atoms with E-state index in [9.17, 15) is 0 Å². The lowest BCUT2D eigenvalue weighted by Gasteiger charge is -2.13. The SMILES string of the molecule is CCCNCc1ccc(CN(C)CC2CC2)o1. The van der Waals surface area contributed by atoms with Crippen molar-refractivity contribution in [1.82, 2.24) is 10.2 Å². The molecule has 3 nitrogen and oxygen atoms in total. The van der Waals surface area contributed by atoms with Gasteiger partial charge in [-0.05, 0) is 50.9 Å². The third-order valence-corrected chi connectivity index (χ3v) is 3.14. The van der Waals surface area contributed by atoms with Gasteiger partial charge in [0.05, 0.1) is 13.1 Å². The molecule has 1 fully saturated rings. The quantitative estimate of drug-likeness (QED) is 0.703. The largest absolute Gasteiger partial charge is 0.463 e. The van der Waals surface area contributed by atoms with Gasteiger partial charge in [-0.15, -0.1) is 0 Å². The summed E-state index contributed by atoms with van der Waals surface area (Å²) >= 11 is 0. The molecule has 0 aromatic carbocycles. The van der Waals surface area contributed by atoms with Gasteiger partial charge >= 0.3 is 0 Å². The maximum absolute atomic E-state index is 5.80. The lowest BCUT2D eigenvalue weighted by molar-refractivity contribution is 0.279. The molecule has 1 heterocycles. The van der Waals surface area contributed by atoms with Crippen molar-refractivity contribution in [1.29, 1.82) is 0 Å². The second-order valence-electron chi connectivity index (χ2n) is 5.18. The molecular weight excluding hydrogens is 212 g/mol. The van der Waals surface area contributed by atoms with Crippen LogP contribution in [0, 0.1) is 5.92 Å². The zero-order valence-corrected chi connectivity index (χ0v) is 11.0. The van der Waals surface area contributed by atoms with Crippen LogP contribution in [0.25, 0.3) is 0 Å². The molecule has 2 rings (SSSR count). The minimum Gasteiger partial charge on any atom is -0.463 e. The van der Waals surface area contributed by atoms with Crippen molar-refractivity contribution in [2.75, 3.05) is 20.1 Å². The molecule has 0 radical (unpaired) electrons. The van der Waals surface area contributed by atoms with Gasteiger partial charge in [0.25, 0.3) is 0 Å². The molecule has 1 aliphatic carbocycles. The molecule has 0 saturated heterocycles. The summed E-state index contributed by atoms with van der Waals surface area (Å²) in [5.41, 5.74) is 0. The molecule has 0 unspecified atom stereocenters. The fraction of sp³-hybridized carbons (Fsp3) is 0.714. The maximum Gasteiger partial charge on any atom is 0.118 e. The summed E-state index contributed by atoms with van der Waals surface area (Å²) in [7, 11) is 2.18. The molecule has 1 aromatic rings. The van der Waals surface area contributed by atoms with E-state index in [0.717, 1.165) is 43.5 Å². The molecule has 0 bridgehead atoms. The Morgan fingerprint density at radius 3 is 2.82 bits per heavy atom. The Hall–Kier alpha value is -0.800. The Morgan fingerprint density at radius 1 is 1.35 bits per heavy atom. The van der Waals surface area contributed by atoms with Gasteiger partial charge in [0.2, 0.25) is 0 Å². The van der Waals surface area contributed by atoms with E-state index in [0.29, 0.717) is 0 Å². The highest BCUT2D eigenvalue weighted by molar-refractivity contribution is 5.07. The molecule has 0 spiro atoms. The minimum absolute atomic E-state index is 0.847. The van der Waals surface area contributed by atoms with Crippen LogP contribution < -0.4 is 5.32 Å². The molecular formula is C14H24N2O. The van der Waals surface area contributed by atoms with Crippen molar-refractivity contribution in [3.05, 3.63) is 23.7 Å².